The molecule has 0 atom stereocenters. The van der Waals surface area contributed by atoms with Crippen molar-refractivity contribution in [1.82, 2.24) is 9.47 Å². The van der Waals surface area contributed by atoms with E-state index < -0.39 is 0 Å². The van der Waals surface area contributed by atoms with Crippen LogP contribution in [0.15, 0.2) is 67.3 Å². The first kappa shape index (κ1) is 23.7. The molecule has 2 aliphatic heterocycles. The number of nitrogens with zero attached hydrogens (tertiary/aromatic N) is 5. The van der Waals surface area contributed by atoms with Gasteiger partial charge >= 0.3 is 0 Å². The normalized spacial score (nSPS) is 14.0. The summed E-state index contributed by atoms with van der Waals surface area (Å²) in [6.07, 6.45) is 5.71. The third-order valence-electron chi connectivity index (χ3n) is 6.79. The van der Waals surface area contributed by atoms with Crippen molar-refractivity contribution in [2.24, 2.45) is 7.05 Å². The molecule has 6 rings (SSSR count). The summed E-state index contributed by atoms with van der Waals surface area (Å²) in [6.45, 7) is 0.766. The van der Waals surface area contributed by atoms with Crippen LogP contribution in [0.5, 0.6) is 0 Å². The average molecular weight is 546 g/mol. The van der Waals surface area contributed by atoms with E-state index in [4.69, 9.17) is 0 Å². The topological polar surface area (TPSA) is 69.7 Å². The van der Waals surface area contributed by atoms with Crippen molar-refractivity contribution in [3.63, 3.8) is 0 Å². The molecule has 182 valence electrons. The molecule has 0 spiro atoms. The molecule has 36 heavy (non-hydrogen) atoms. The Morgan fingerprint density at radius 1 is 0.778 bits per heavy atom. The van der Waals surface area contributed by atoms with Gasteiger partial charge in [-0.3, -0.25) is 24.2 Å². The van der Waals surface area contributed by atoms with Crippen molar-refractivity contribution in [3.8, 4) is 0 Å². The lowest BCUT2D eigenvalue weighted by molar-refractivity contribution is -0.671. The van der Waals surface area contributed by atoms with Crippen molar-refractivity contribution >= 4 is 45.6 Å². The molecule has 8 nitrogen and oxygen atoms in total. The molecule has 0 bridgehead atoms. The fourth-order valence-corrected chi connectivity index (χ4v) is 5.02. The number of carbonyl (C=O) groups is 3. The molecule has 0 radical (unpaired) electrons. The van der Waals surface area contributed by atoms with E-state index in [2.05, 4.69) is 0 Å². The quantitative estimate of drug-likeness (QED) is 0.264. The van der Waals surface area contributed by atoms with Crippen LogP contribution >= 0.6 is 0 Å². The van der Waals surface area contributed by atoms with Crippen LogP contribution in [0.2, 0.25) is 0 Å². The standard InChI is InChI=1S/C27H24N5O3.BrH/c1-28(2)17-4-6-18(7-5-17)32-22-11-10-20-23-19(8-9-21(24(22)23)27(32)35)25(33)31(26(20)34)15-14-30-13-12-29(3)16-30;/h4-13,16H,14-15H2,1-3H3;1H/q+1;/p-1. The van der Waals surface area contributed by atoms with Crippen LogP contribution in [0.1, 0.15) is 31.1 Å². The second-order valence-corrected chi connectivity index (χ2v) is 9.17. The number of anilines is 3. The van der Waals surface area contributed by atoms with Gasteiger partial charge in [0.2, 0.25) is 6.33 Å². The van der Waals surface area contributed by atoms with Gasteiger partial charge < -0.3 is 21.9 Å². The van der Waals surface area contributed by atoms with E-state index in [9.17, 15) is 14.4 Å². The molecule has 0 fully saturated rings. The number of imidazole rings is 1. The van der Waals surface area contributed by atoms with Crippen molar-refractivity contribution in [2.45, 2.75) is 6.54 Å². The summed E-state index contributed by atoms with van der Waals surface area (Å²) in [6, 6.07) is 14.7. The maximum absolute atomic E-state index is 13.4. The van der Waals surface area contributed by atoms with Gasteiger partial charge in [0.1, 0.15) is 18.9 Å². The van der Waals surface area contributed by atoms with Crippen LogP contribution in [0.3, 0.4) is 0 Å². The number of halogens is 1. The second kappa shape index (κ2) is 8.60. The lowest BCUT2D eigenvalue weighted by atomic mass is 9.91. The van der Waals surface area contributed by atoms with Crippen molar-refractivity contribution in [1.29, 1.82) is 0 Å². The van der Waals surface area contributed by atoms with Gasteiger partial charge in [-0.1, -0.05) is 0 Å². The average Bonchev–Trinajstić information content (AvgIpc) is 3.40. The summed E-state index contributed by atoms with van der Waals surface area (Å²) < 4.78 is 3.84. The molecule has 3 heterocycles. The van der Waals surface area contributed by atoms with E-state index in [0.29, 0.717) is 39.7 Å². The van der Waals surface area contributed by atoms with Crippen LogP contribution in [0.4, 0.5) is 17.1 Å². The predicted octanol–water partition coefficient (Wildman–Crippen LogP) is 0.124. The van der Waals surface area contributed by atoms with Crippen molar-refractivity contribution < 1.29 is 35.9 Å². The van der Waals surface area contributed by atoms with Gasteiger partial charge in [-0.2, -0.15) is 0 Å². The fourth-order valence-electron chi connectivity index (χ4n) is 5.02. The van der Waals surface area contributed by atoms with Crippen molar-refractivity contribution in [2.75, 3.05) is 30.4 Å². The Hall–Kier alpha value is -3.98. The Bertz CT molecular complexity index is 1540. The Kier molecular flexibility index (Phi) is 5.67. The van der Waals surface area contributed by atoms with E-state index in [1.54, 1.807) is 23.1 Å². The SMILES string of the molecule is CN(C)c1ccc(N2C(=O)c3ccc4c5c(ccc2c35)C(=O)N(CCn2cc[n+](C)c2)C4=O)cc1.[Br-]. The third-order valence-corrected chi connectivity index (χ3v) is 6.79. The number of hydrogen-bond acceptors (Lipinski definition) is 4. The number of benzene rings is 3. The molecule has 0 unspecified atom stereocenters. The first-order valence-electron chi connectivity index (χ1n) is 11.4. The van der Waals surface area contributed by atoms with Crippen LogP contribution < -0.4 is 31.3 Å². The van der Waals surface area contributed by atoms with E-state index >= 15 is 0 Å². The maximum atomic E-state index is 13.4. The smallest absolute Gasteiger partial charge is 0.263 e. The molecule has 3 amide bonds. The molecule has 0 saturated carbocycles. The number of hydrogen-bond donors (Lipinski definition) is 0. The first-order valence-corrected chi connectivity index (χ1v) is 11.4. The monoisotopic (exact) mass is 545 g/mol. The highest BCUT2D eigenvalue weighted by Crippen LogP contribution is 2.45. The van der Waals surface area contributed by atoms with Gasteiger partial charge in [0.05, 0.1) is 24.8 Å². The van der Waals surface area contributed by atoms with Gasteiger partial charge in [-0.25, -0.2) is 9.13 Å². The van der Waals surface area contributed by atoms with Gasteiger partial charge in [0.15, 0.2) is 0 Å². The molecular formula is C27H24BrN5O3. The summed E-state index contributed by atoms with van der Waals surface area (Å²) in [7, 11) is 5.84. The zero-order valence-corrected chi connectivity index (χ0v) is 21.7. The third kappa shape index (κ3) is 3.42. The number of aryl methyl sites for hydroxylation is 1. The molecule has 3 aromatic carbocycles. The minimum atomic E-state index is -0.330. The van der Waals surface area contributed by atoms with E-state index in [0.717, 1.165) is 11.4 Å². The Morgan fingerprint density at radius 3 is 1.97 bits per heavy atom. The molecule has 2 aliphatic rings. The summed E-state index contributed by atoms with van der Waals surface area (Å²) in [5, 5.41) is 1.24. The summed E-state index contributed by atoms with van der Waals surface area (Å²) in [5.41, 5.74) is 3.87. The van der Waals surface area contributed by atoms with Crippen LogP contribution in [0, 0.1) is 0 Å². The van der Waals surface area contributed by atoms with Gasteiger partial charge in [-0.15, -0.1) is 0 Å². The van der Waals surface area contributed by atoms with E-state index in [1.807, 2.05) is 84.2 Å². The highest BCUT2D eigenvalue weighted by Gasteiger charge is 2.39. The lowest BCUT2D eigenvalue weighted by Crippen LogP contribution is -3.00. The Morgan fingerprint density at radius 2 is 1.39 bits per heavy atom. The van der Waals surface area contributed by atoms with Gasteiger partial charge in [0.25, 0.3) is 17.7 Å². The number of amides is 3. The number of imide groups is 1. The second-order valence-electron chi connectivity index (χ2n) is 9.17. The molecule has 1 aromatic heterocycles. The summed E-state index contributed by atoms with van der Waals surface area (Å²) in [5.74, 6) is -0.822. The predicted molar refractivity (Wildman–Crippen MR) is 132 cm³/mol. The van der Waals surface area contributed by atoms with Crippen molar-refractivity contribution in [3.05, 3.63) is 83.9 Å². The van der Waals surface area contributed by atoms with Crippen LogP contribution in [-0.4, -0.2) is 47.8 Å². The molecule has 4 aromatic rings. The fraction of sp³-hybridized carbons (Fsp3) is 0.185. The van der Waals surface area contributed by atoms with Crippen LogP contribution in [-0.2, 0) is 13.6 Å². The summed E-state index contributed by atoms with van der Waals surface area (Å²) in [4.78, 5) is 45.2. The van der Waals surface area contributed by atoms with E-state index in [1.165, 1.54) is 4.90 Å². The Labute approximate surface area is 218 Å². The highest BCUT2D eigenvalue weighted by molar-refractivity contribution is 6.35. The first-order chi connectivity index (χ1) is 16.8. The van der Waals surface area contributed by atoms with Gasteiger partial charge in [-0.05, 0) is 48.5 Å². The largest absolute Gasteiger partial charge is 1.00 e. The molecule has 0 N–H and O–H groups in total. The zero-order chi connectivity index (χ0) is 24.4. The molecule has 9 heteroatoms. The highest BCUT2D eigenvalue weighted by atomic mass is 79.9. The minimum absolute atomic E-state index is 0. The number of rotatable bonds is 5. The molecule has 0 saturated heterocycles. The zero-order valence-electron chi connectivity index (χ0n) is 20.1. The molecule has 0 aliphatic carbocycles. The Balaban J connectivity index is 0.00000267. The molecular weight excluding hydrogens is 522 g/mol. The number of carbonyl (C=O) groups excluding carboxylic acids is 3. The van der Waals surface area contributed by atoms with Crippen LogP contribution in [0.25, 0.3) is 10.8 Å². The van der Waals surface area contributed by atoms with E-state index in [-0.39, 0.29) is 41.2 Å². The summed E-state index contributed by atoms with van der Waals surface area (Å²) >= 11 is 0. The lowest BCUT2D eigenvalue weighted by Gasteiger charge is -2.27. The maximum Gasteiger partial charge on any atom is 0.263 e. The minimum Gasteiger partial charge on any atom is -1.00 e. The van der Waals surface area contributed by atoms with Gasteiger partial charge in [0, 0.05) is 47.4 Å². The number of aromatic nitrogens is 2.